The zero-order valence-electron chi connectivity index (χ0n) is 13.0. The standard InChI is InChI=1S/C17H19FN4O/c1-12-15(6-9-20-22-12)21-16(23)19-11-17(7-3-8-17)13-4-2-5-14(18)10-13/h2,4-6,9-10H,3,7-8,11H2,1H3,(H2,19,20,21,23). The predicted molar refractivity (Wildman–Crippen MR) is 85.7 cm³/mol. The molecule has 0 bridgehead atoms. The first-order chi connectivity index (χ1) is 11.1. The molecule has 1 aromatic heterocycles. The van der Waals surface area contributed by atoms with Gasteiger partial charge in [-0.3, -0.25) is 0 Å². The number of amides is 2. The van der Waals surface area contributed by atoms with Crippen LogP contribution in [0, 0.1) is 12.7 Å². The van der Waals surface area contributed by atoms with Gasteiger partial charge in [-0.2, -0.15) is 10.2 Å². The van der Waals surface area contributed by atoms with E-state index in [0.29, 0.717) is 17.9 Å². The van der Waals surface area contributed by atoms with E-state index < -0.39 is 0 Å². The average molecular weight is 314 g/mol. The summed E-state index contributed by atoms with van der Waals surface area (Å²) in [4.78, 5) is 12.1. The van der Waals surface area contributed by atoms with Gasteiger partial charge in [-0.05, 0) is 43.5 Å². The van der Waals surface area contributed by atoms with Crippen LogP contribution in [0.15, 0.2) is 36.5 Å². The lowest BCUT2D eigenvalue weighted by Crippen LogP contribution is -2.46. The van der Waals surface area contributed by atoms with E-state index in [4.69, 9.17) is 0 Å². The van der Waals surface area contributed by atoms with Crippen molar-refractivity contribution in [2.75, 3.05) is 11.9 Å². The third-order valence-electron chi connectivity index (χ3n) is 4.49. The van der Waals surface area contributed by atoms with Crippen molar-refractivity contribution in [1.29, 1.82) is 0 Å². The number of urea groups is 1. The zero-order valence-corrected chi connectivity index (χ0v) is 13.0. The van der Waals surface area contributed by atoms with Gasteiger partial charge in [0.2, 0.25) is 0 Å². The van der Waals surface area contributed by atoms with Gasteiger partial charge in [0, 0.05) is 12.0 Å². The van der Waals surface area contributed by atoms with Gasteiger partial charge in [-0.25, -0.2) is 9.18 Å². The maximum atomic E-state index is 13.5. The van der Waals surface area contributed by atoms with Crippen molar-refractivity contribution >= 4 is 11.7 Å². The zero-order chi connectivity index (χ0) is 16.3. The largest absolute Gasteiger partial charge is 0.337 e. The number of carbonyl (C=O) groups excluding carboxylic acids is 1. The van der Waals surface area contributed by atoms with Crippen LogP contribution < -0.4 is 10.6 Å². The molecular weight excluding hydrogens is 295 g/mol. The second kappa shape index (κ2) is 6.32. The van der Waals surface area contributed by atoms with E-state index in [2.05, 4.69) is 20.8 Å². The number of aryl methyl sites for hydroxylation is 1. The van der Waals surface area contributed by atoms with Crippen molar-refractivity contribution in [3.8, 4) is 0 Å². The molecule has 1 aliphatic carbocycles. The Bertz CT molecular complexity index is 715. The molecule has 2 amide bonds. The van der Waals surface area contributed by atoms with Crippen LogP contribution in [0.4, 0.5) is 14.9 Å². The Hall–Kier alpha value is -2.50. The number of halogens is 1. The maximum Gasteiger partial charge on any atom is 0.319 e. The van der Waals surface area contributed by atoms with Gasteiger partial charge < -0.3 is 10.6 Å². The monoisotopic (exact) mass is 314 g/mol. The molecule has 5 nitrogen and oxygen atoms in total. The van der Waals surface area contributed by atoms with Gasteiger partial charge >= 0.3 is 6.03 Å². The minimum atomic E-state index is -0.288. The molecule has 1 saturated carbocycles. The van der Waals surface area contributed by atoms with Crippen LogP contribution in [0.1, 0.15) is 30.5 Å². The molecule has 2 aromatic rings. The SMILES string of the molecule is Cc1nnccc1NC(=O)NCC1(c2cccc(F)c2)CCC1. The quantitative estimate of drug-likeness (QED) is 0.911. The number of rotatable bonds is 4. The highest BCUT2D eigenvalue weighted by molar-refractivity contribution is 5.89. The Kier molecular flexibility index (Phi) is 4.23. The molecule has 0 atom stereocenters. The number of aromatic nitrogens is 2. The third-order valence-corrected chi connectivity index (χ3v) is 4.49. The molecule has 0 spiro atoms. The molecule has 23 heavy (non-hydrogen) atoms. The fourth-order valence-corrected chi connectivity index (χ4v) is 2.94. The minimum Gasteiger partial charge on any atom is -0.337 e. The Morgan fingerprint density at radius 2 is 2.17 bits per heavy atom. The third kappa shape index (κ3) is 3.31. The molecule has 0 radical (unpaired) electrons. The Morgan fingerprint density at radius 3 is 2.83 bits per heavy atom. The van der Waals surface area contributed by atoms with Crippen LogP contribution in [0.5, 0.6) is 0 Å². The smallest absolute Gasteiger partial charge is 0.319 e. The summed E-state index contributed by atoms with van der Waals surface area (Å²) in [6.07, 6.45) is 4.52. The van der Waals surface area contributed by atoms with Gasteiger partial charge in [0.1, 0.15) is 5.82 Å². The Labute approximate surface area is 134 Å². The molecular formula is C17H19FN4O. The summed E-state index contributed by atoms with van der Waals surface area (Å²) < 4.78 is 13.5. The van der Waals surface area contributed by atoms with Crippen molar-refractivity contribution in [1.82, 2.24) is 15.5 Å². The normalized spacial score (nSPS) is 15.6. The van der Waals surface area contributed by atoms with Crippen LogP contribution in [-0.4, -0.2) is 22.8 Å². The van der Waals surface area contributed by atoms with Crippen LogP contribution in [0.2, 0.25) is 0 Å². The molecule has 1 fully saturated rings. The number of nitrogens with zero attached hydrogens (tertiary/aromatic N) is 2. The first-order valence-corrected chi connectivity index (χ1v) is 7.68. The number of anilines is 1. The van der Waals surface area contributed by atoms with Crippen LogP contribution in [0.25, 0.3) is 0 Å². The lowest BCUT2D eigenvalue weighted by Gasteiger charge is -2.42. The first kappa shape index (κ1) is 15.4. The molecule has 6 heteroatoms. The predicted octanol–water partition coefficient (Wildman–Crippen LogP) is 3.17. The number of benzene rings is 1. The van der Waals surface area contributed by atoms with Crippen molar-refractivity contribution in [2.24, 2.45) is 0 Å². The van der Waals surface area contributed by atoms with E-state index in [0.717, 1.165) is 24.8 Å². The lowest BCUT2D eigenvalue weighted by atomic mass is 9.64. The molecule has 0 aliphatic heterocycles. The second-order valence-electron chi connectivity index (χ2n) is 5.98. The molecule has 1 aromatic carbocycles. The molecule has 1 heterocycles. The topological polar surface area (TPSA) is 66.9 Å². The summed E-state index contributed by atoms with van der Waals surface area (Å²) >= 11 is 0. The summed E-state index contributed by atoms with van der Waals surface area (Å²) in [6, 6.07) is 8.07. The van der Waals surface area contributed by atoms with E-state index in [1.54, 1.807) is 25.1 Å². The maximum absolute atomic E-state index is 13.5. The fraction of sp³-hybridized carbons (Fsp3) is 0.353. The van der Waals surface area contributed by atoms with Gasteiger partial charge in [0.15, 0.2) is 0 Å². The highest BCUT2D eigenvalue weighted by atomic mass is 19.1. The van der Waals surface area contributed by atoms with Gasteiger partial charge in [0.05, 0.1) is 17.6 Å². The van der Waals surface area contributed by atoms with Crippen LogP contribution in [0.3, 0.4) is 0 Å². The minimum absolute atomic E-state index is 0.162. The van der Waals surface area contributed by atoms with E-state index in [9.17, 15) is 9.18 Å². The summed E-state index contributed by atoms with van der Waals surface area (Å²) in [5.74, 6) is -0.239. The highest BCUT2D eigenvalue weighted by Gasteiger charge is 2.39. The van der Waals surface area contributed by atoms with Gasteiger partial charge in [-0.1, -0.05) is 18.6 Å². The fourth-order valence-electron chi connectivity index (χ4n) is 2.94. The molecule has 0 unspecified atom stereocenters. The second-order valence-corrected chi connectivity index (χ2v) is 5.98. The van der Waals surface area contributed by atoms with Crippen molar-refractivity contribution in [3.05, 3.63) is 53.6 Å². The van der Waals surface area contributed by atoms with Gasteiger partial charge in [0.25, 0.3) is 0 Å². The van der Waals surface area contributed by atoms with Crippen molar-refractivity contribution in [2.45, 2.75) is 31.6 Å². The molecule has 0 saturated heterocycles. The van der Waals surface area contributed by atoms with Crippen LogP contribution in [-0.2, 0) is 5.41 Å². The van der Waals surface area contributed by atoms with Crippen molar-refractivity contribution < 1.29 is 9.18 Å². The van der Waals surface area contributed by atoms with E-state index >= 15 is 0 Å². The summed E-state index contributed by atoms with van der Waals surface area (Å²) in [5, 5.41) is 13.3. The number of hydrogen-bond donors (Lipinski definition) is 2. The number of hydrogen-bond acceptors (Lipinski definition) is 3. The van der Waals surface area contributed by atoms with E-state index in [1.807, 2.05) is 6.07 Å². The number of nitrogens with one attached hydrogen (secondary N) is 2. The highest BCUT2D eigenvalue weighted by Crippen LogP contribution is 2.43. The summed E-state index contributed by atoms with van der Waals surface area (Å²) in [6.45, 7) is 2.27. The van der Waals surface area contributed by atoms with Crippen molar-refractivity contribution in [3.63, 3.8) is 0 Å². The first-order valence-electron chi connectivity index (χ1n) is 7.68. The average Bonchev–Trinajstić information content (AvgIpc) is 2.49. The Balaban J connectivity index is 1.64. The lowest BCUT2D eigenvalue weighted by molar-refractivity contribution is 0.221. The number of carbonyl (C=O) groups is 1. The summed E-state index contributed by atoms with van der Waals surface area (Å²) in [7, 11) is 0. The van der Waals surface area contributed by atoms with E-state index in [-0.39, 0.29) is 17.3 Å². The molecule has 2 N–H and O–H groups in total. The molecule has 1 aliphatic rings. The molecule has 3 rings (SSSR count). The van der Waals surface area contributed by atoms with Gasteiger partial charge in [-0.15, -0.1) is 0 Å². The summed E-state index contributed by atoms with van der Waals surface area (Å²) in [5.41, 5.74) is 2.08. The molecule has 120 valence electrons. The Morgan fingerprint density at radius 1 is 1.35 bits per heavy atom. The van der Waals surface area contributed by atoms with Crippen LogP contribution >= 0.6 is 0 Å². The van der Waals surface area contributed by atoms with E-state index in [1.165, 1.54) is 12.3 Å².